The van der Waals surface area contributed by atoms with Gasteiger partial charge in [-0.3, -0.25) is 8.98 Å². The summed E-state index contributed by atoms with van der Waals surface area (Å²) >= 11 is 0. The molecule has 1 N–H and O–H groups in total. The molecule has 0 radical (unpaired) electrons. The van der Waals surface area contributed by atoms with E-state index in [9.17, 15) is 13.2 Å². The predicted molar refractivity (Wildman–Crippen MR) is 95.2 cm³/mol. The van der Waals surface area contributed by atoms with Crippen LogP contribution in [0, 0.1) is 12.8 Å². The molecule has 0 fully saturated rings. The first kappa shape index (κ1) is 19.2. The highest BCUT2D eigenvalue weighted by molar-refractivity contribution is 7.86. The maximum atomic E-state index is 12.1. The monoisotopic (exact) mass is 365 g/mol. The minimum atomic E-state index is -3.88. The first-order chi connectivity index (χ1) is 11.8. The fourth-order valence-electron chi connectivity index (χ4n) is 2.02. The maximum absolute atomic E-state index is 12.1. The first-order valence-corrected chi connectivity index (χ1v) is 9.49. The van der Waals surface area contributed by atoms with Gasteiger partial charge in [-0.05, 0) is 31.4 Å². The molecular weight excluding hydrogens is 342 g/mol. The number of aromatic nitrogens is 1. The van der Waals surface area contributed by atoms with E-state index in [0.717, 1.165) is 12.0 Å². The summed E-state index contributed by atoms with van der Waals surface area (Å²) in [6.45, 7) is 6.22. The number of nitrogens with one attached hydrogen (secondary N) is 1. The van der Waals surface area contributed by atoms with E-state index in [-0.39, 0.29) is 22.7 Å². The Bertz CT molecular complexity index is 854. The summed E-state index contributed by atoms with van der Waals surface area (Å²) in [6.07, 6.45) is 2.28. The van der Waals surface area contributed by atoms with Gasteiger partial charge in [-0.15, -0.1) is 0 Å². The number of hydrogen-bond donors (Lipinski definition) is 1. The Hall–Kier alpha value is -2.12. The van der Waals surface area contributed by atoms with Gasteiger partial charge < -0.3 is 9.72 Å². The highest BCUT2D eigenvalue weighted by atomic mass is 32.2. The highest BCUT2D eigenvalue weighted by Crippen LogP contribution is 2.15. The van der Waals surface area contributed by atoms with E-state index in [4.69, 9.17) is 8.92 Å². The standard InChI is InChI=1S/C18H23NO5S/c1-13(2)8-9-23-18-11-19-15(10-17(18)20)12-24-25(21,22)16-6-4-14(3)5-7-16/h4-7,10-11,13H,8-9,12H2,1-3H3,(H,19,20). The van der Waals surface area contributed by atoms with Gasteiger partial charge in [0.2, 0.25) is 5.43 Å². The van der Waals surface area contributed by atoms with Gasteiger partial charge in [-0.1, -0.05) is 31.5 Å². The van der Waals surface area contributed by atoms with Crippen LogP contribution in [0.25, 0.3) is 0 Å². The Labute approximate surface area is 147 Å². The molecule has 0 atom stereocenters. The lowest BCUT2D eigenvalue weighted by Crippen LogP contribution is -2.13. The van der Waals surface area contributed by atoms with Crippen LogP contribution in [0.3, 0.4) is 0 Å². The zero-order chi connectivity index (χ0) is 18.4. The fraction of sp³-hybridized carbons (Fsp3) is 0.389. The van der Waals surface area contributed by atoms with Crippen molar-refractivity contribution in [2.45, 2.75) is 38.7 Å². The Morgan fingerprint density at radius 3 is 2.44 bits per heavy atom. The summed E-state index contributed by atoms with van der Waals surface area (Å²) in [7, 11) is -3.88. The summed E-state index contributed by atoms with van der Waals surface area (Å²) < 4.78 is 34.7. The number of aromatic amines is 1. The number of aryl methyl sites for hydroxylation is 1. The molecule has 7 heteroatoms. The molecule has 0 amide bonds. The van der Waals surface area contributed by atoms with Crippen molar-refractivity contribution in [2.24, 2.45) is 5.92 Å². The second-order valence-electron chi connectivity index (χ2n) is 6.25. The summed E-state index contributed by atoms with van der Waals surface area (Å²) in [5.41, 5.74) is 1.00. The van der Waals surface area contributed by atoms with Crippen molar-refractivity contribution in [1.82, 2.24) is 4.98 Å². The largest absolute Gasteiger partial charge is 0.488 e. The van der Waals surface area contributed by atoms with Crippen LogP contribution in [-0.2, 0) is 20.9 Å². The van der Waals surface area contributed by atoms with Gasteiger partial charge in [-0.25, -0.2) is 0 Å². The van der Waals surface area contributed by atoms with Gasteiger partial charge in [0.05, 0.1) is 11.5 Å². The van der Waals surface area contributed by atoms with Crippen molar-refractivity contribution in [1.29, 1.82) is 0 Å². The topological polar surface area (TPSA) is 85.5 Å². The third-order valence-corrected chi connectivity index (χ3v) is 4.85. The zero-order valence-corrected chi connectivity index (χ0v) is 15.4. The minimum absolute atomic E-state index is 0.0779. The molecule has 0 aliphatic rings. The van der Waals surface area contributed by atoms with E-state index >= 15 is 0 Å². The summed E-state index contributed by atoms with van der Waals surface area (Å²) in [6, 6.07) is 7.65. The molecule has 6 nitrogen and oxygen atoms in total. The Morgan fingerprint density at radius 2 is 1.84 bits per heavy atom. The lowest BCUT2D eigenvalue weighted by molar-refractivity contribution is 0.283. The van der Waals surface area contributed by atoms with Crippen LogP contribution < -0.4 is 10.2 Å². The number of benzene rings is 1. The predicted octanol–water partition coefficient (Wildman–Crippen LogP) is 3.01. The average Bonchev–Trinajstić information content (AvgIpc) is 2.55. The molecule has 1 aromatic carbocycles. The quantitative estimate of drug-likeness (QED) is 0.727. The van der Waals surface area contributed by atoms with E-state index in [1.807, 2.05) is 6.92 Å². The van der Waals surface area contributed by atoms with Crippen molar-refractivity contribution in [2.75, 3.05) is 6.61 Å². The van der Waals surface area contributed by atoms with E-state index in [1.54, 1.807) is 12.1 Å². The van der Waals surface area contributed by atoms with Gasteiger partial charge in [-0.2, -0.15) is 8.42 Å². The molecule has 0 unspecified atom stereocenters. The molecule has 0 saturated heterocycles. The van der Waals surface area contributed by atoms with E-state index in [0.29, 0.717) is 18.2 Å². The third-order valence-electron chi connectivity index (χ3n) is 3.57. The van der Waals surface area contributed by atoms with Gasteiger partial charge >= 0.3 is 0 Å². The number of ether oxygens (including phenoxy) is 1. The van der Waals surface area contributed by atoms with Crippen LogP contribution in [0.2, 0.25) is 0 Å². The summed E-state index contributed by atoms with van der Waals surface area (Å²) in [4.78, 5) is 14.9. The molecule has 0 aliphatic carbocycles. The van der Waals surface area contributed by atoms with Gasteiger partial charge in [0.1, 0.15) is 6.61 Å². The fourth-order valence-corrected chi connectivity index (χ4v) is 2.90. The van der Waals surface area contributed by atoms with Crippen molar-refractivity contribution >= 4 is 10.1 Å². The molecule has 136 valence electrons. The van der Waals surface area contributed by atoms with Gasteiger partial charge in [0.25, 0.3) is 10.1 Å². The minimum Gasteiger partial charge on any atom is -0.488 e. The van der Waals surface area contributed by atoms with Crippen molar-refractivity contribution in [3.63, 3.8) is 0 Å². The molecule has 0 aliphatic heterocycles. The molecule has 0 saturated carbocycles. The van der Waals surface area contributed by atoms with Crippen LogP contribution in [0.5, 0.6) is 5.75 Å². The molecular formula is C18H23NO5S. The molecule has 2 rings (SSSR count). The molecule has 2 aromatic rings. The molecule has 0 bridgehead atoms. The van der Waals surface area contributed by atoms with Crippen LogP contribution in [-0.4, -0.2) is 20.0 Å². The molecule has 25 heavy (non-hydrogen) atoms. The van der Waals surface area contributed by atoms with Crippen LogP contribution in [0.15, 0.2) is 46.2 Å². The third kappa shape index (κ3) is 5.72. The number of hydrogen-bond acceptors (Lipinski definition) is 5. The average molecular weight is 365 g/mol. The van der Waals surface area contributed by atoms with Crippen molar-refractivity contribution < 1.29 is 17.3 Å². The lowest BCUT2D eigenvalue weighted by atomic mass is 10.1. The highest BCUT2D eigenvalue weighted by Gasteiger charge is 2.15. The Balaban J connectivity index is 2.00. The van der Waals surface area contributed by atoms with Gasteiger partial charge in [0.15, 0.2) is 5.75 Å². The summed E-state index contributed by atoms with van der Waals surface area (Å²) in [5, 5.41) is 0. The maximum Gasteiger partial charge on any atom is 0.297 e. The second kappa shape index (κ2) is 8.31. The van der Waals surface area contributed by atoms with Gasteiger partial charge in [0, 0.05) is 18.0 Å². The molecule has 1 heterocycles. The Kier molecular flexibility index (Phi) is 6.39. The van der Waals surface area contributed by atoms with Crippen LogP contribution in [0.4, 0.5) is 0 Å². The molecule has 1 aromatic heterocycles. The van der Waals surface area contributed by atoms with Crippen LogP contribution >= 0.6 is 0 Å². The van der Waals surface area contributed by atoms with Crippen LogP contribution in [0.1, 0.15) is 31.5 Å². The normalized spacial score (nSPS) is 11.7. The van der Waals surface area contributed by atoms with E-state index in [1.165, 1.54) is 24.4 Å². The second-order valence-corrected chi connectivity index (χ2v) is 7.86. The first-order valence-electron chi connectivity index (χ1n) is 8.08. The molecule has 0 spiro atoms. The zero-order valence-electron chi connectivity index (χ0n) is 14.6. The lowest BCUT2D eigenvalue weighted by Gasteiger charge is -2.09. The van der Waals surface area contributed by atoms with E-state index < -0.39 is 10.1 Å². The smallest absolute Gasteiger partial charge is 0.297 e. The van der Waals surface area contributed by atoms with Crippen molar-refractivity contribution in [3.8, 4) is 5.75 Å². The number of pyridine rings is 1. The Morgan fingerprint density at radius 1 is 1.16 bits per heavy atom. The van der Waals surface area contributed by atoms with Crippen molar-refractivity contribution in [3.05, 3.63) is 58.0 Å². The summed E-state index contributed by atoms with van der Waals surface area (Å²) in [5.74, 6) is 0.699. The number of H-pyrrole nitrogens is 1. The SMILES string of the molecule is Cc1ccc(S(=O)(=O)OCc2cc(=O)c(OCCC(C)C)c[nH]2)cc1. The van der Waals surface area contributed by atoms with E-state index in [2.05, 4.69) is 18.8 Å². The number of rotatable bonds is 8.